The molecule has 2 aromatic rings. The third-order valence-corrected chi connectivity index (χ3v) is 5.30. The average Bonchev–Trinajstić information content (AvgIpc) is 2.72. The fraction of sp³-hybridized carbons (Fsp3) is 0.318. The first kappa shape index (κ1) is 21.8. The molecule has 0 bridgehead atoms. The van der Waals surface area contributed by atoms with E-state index in [9.17, 15) is 18.8 Å². The van der Waals surface area contributed by atoms with Gasteiger partial charge in [0.25, 0.3) is 11.8 Å². The zero-order valence-corrected chi connectivity index (χ0v) is 17.2. The molecule has 0 atom stereocenters. The largest absolute Gasteiger partial charge is 0.427 e. The van der Waals surface area contributed by atoms with E-state index in [1.807, 2.05) is 0 Å². The number of carbonyl (C=O) groups excluding carboxylic acids is 3. The molecule has 1 N–H and O–H groups in total. The monoisotopic (exact) mass is 432 g/mol. The minimum absolute atomic E-state index is 0.0731. The third-order valence-electron chi connectivity index (χ3n) is 4.99. The van der Waals surface area contributed by atoms with Crippen LogP contribution in [0.15, 0.2) is 42.5 Å². The number of hydrogen-bond acceptors (Lipinski definition) is 4. The second-order valence-corrected chi connectivity index (χ2v) is 7.57. The van der Waals surface area contributed by atoms with Crippen LogP contribution < -0.4 is 10.1 Å². The topological polar surface area (TPSA) is 75.7 Å². The summed E-state index contributed by atoms with van der Waals surface area (Å²) in [6.45, 7) is 2.76. The number of hydrogen-bond donors (Lipinski definition) is 1. The summed E-state index contributed by atoms with van der Waals surface area (Å²) in [7, 11) is 0. The van der Waals surface area contributed by atoms with Gasteiger partial charge in [-0.1, -0.05) is 23.7 Å². The van der Waals surface area contributed by atoms with Crippen molar-refractivity contribution in [2.45, 2.75) is 19.8 Å². The van der Waals surface area contributed by atoms with Gasteiger partial charge in [-0.3, -0.25) is 14.4 Å². The highest BCUT2D eigenvalue weighted by Crippen LogP contribution is 2.22. The van der Waals surface area contributed by atoms with E-state index in [0.717, 1.165) is 0 Å². The van der Waals surface area contributed by atoms with Crippen molar-refractivity contribution in [3.8, 4) is 5.75 Å². The van der Waals surface area contributed by atoms with Crippen molar-refractivity contribution >= 4 is 29.4 Å². The molecule has 2 aromatic carbocycles. The van der Waals surface area contributed by atoms with Gasteiger partial charge in [-0.2, -0.15) is 0 Å². The molecule has 3 rings (SSSR count). The molecule has 0 spiro atoms. The van der Waals surface area contributed by atoms with E-state index in [4.69, 9.17) is 16.3 Å². The van der Waals surface area contributed by atoms with Crippen LogP contribution in [-0.4, -0.2) is 42.3 Å². The van der Waals surface area contributed by atoms with Crippen LogP contribution in [0.4, 0.5) is 4.39 Å². The summed E-state index contributed by atoms with van der Waals surface area (Å²) in [6.07, 6.45) is 1.42. The van der Waals surface area contributed by atoms with Crippen molar-refractivity contribution in [3.05, 3.63) is 64.4 Å². The lowest BCUT2D eigenvalue weighted by Gasteiger charge is -2.32. The Labute approximate surface area is 179 Å². The van der Waals surface area contributed by atoms with Gasteiger partial charge in [0.2, 0.25) is 0 Å². The number of carbonyl (C=O) groups is 3. The molecule has 1 aliphatic heterocycles. The quantitative estimate of drug-likeness (QED) is 0.577. The summed E-state index contributed by atoms with van der Waals surface area (Å²) in [5.41, 5.74) is 0.300. The van der Waals surface area contributed by atoms with Crippen LogP contribution in [0.2, 0.25) is 5.02 Å². The summed E-state index contributed by atoms with van der Waals surface area (Å²) >= 11 is 5.92. The molecule has 0 saturated carbocycles. The first-order valence-corrected chi connectivity index (χ1v) is 10.0. The van der Waals surface area contributed by atoms with Gasteiger partial charge >= 0.3 is 5.97 Å². The molecule has 30 heavy (non-hydrogen) atoms. The zero-order valence-electron chi connectivity index (χ0n) is 16.5. The van der Waals surface area contributed by atoms with E-state index in [1.165, 1.54) is 25.1 Å². The van der Waals surface area contributed by atoms with Gasteiger partial charge in [0.05, 0.1) is 10.6 Å². The van der Waals surface area contributed by atoms with Gasteiger partial charge in [-0.15, -0.1) is 0 Å². The summed E-state index contributed by atoms with van der Waals surface area (Å²) in [5, 5.41) is 2.81. The number of esters is 1. The molecule has 1 heterocycles. The SMILES string of the molecule is CC(=O)Oc1cccc(C(=O)N2CCC(CNC(=O)c3c(F)cccc3Cl)CC2)c1. The van der Waals surface area contributed by atoms with Crippen LogP contribution in [0, 0.1) is 11.7 Å². The highest BCUT2D eigenvalue weighted by molar-refractivity contribution is 6.33. The number of amides is 2. The van der Waals surface area contributed by atoms with Crippen LogP contribution in [0.1, 0.15) is 40.5 Å². The van der Waals surface area contributed by atoms with Crippen LogP contribution in [0.25, 0.3) is 0 Å². The fourth-order valence-electron chi connectivity index (χ4n) is 3.42. The minimum atomic E-state index is -0.656. The van der Waals surface area contributed by atoms with Gasteiger partial charge in [0.15, 0.2) is 0 Å². The number of nitrogens with zero attached hydrogens (tertiary/aromatic N) is 1. The molecule has 2 amide bonds. The Balaban J connectivity index is 1.52. The van der Waals surface area contributed by atoms with Crippen LogP contribution in [0.5, 0.6) is 5.75 Å². The third kappa shape index (κ3) is 5.36. The maximum absolute atomic E-state index is 13.8. The number of ether oxygens (including phenoxy) is 1. The second-order valence-electron chi connectivity index (χ2n) is 7.16. The molecule has 1 saturated heterocycles. The predicted molar refractivity (Wildman–Crippen MR) is 110 cm³/mol. The summed E-state index contributed by atoms with van der Waals surface area (Å²) in [5.74, 6) is -1.27. The van der Waals surface area contributed by atoms with Crippen LogP contribution >= 0.6 is 11.6 Å². The van der Waals surface area contributed by atoms with E-state index in [2.05, 4.69) is 5.32 Å². The van der Waals surface area contributed by atoms with E-state index < -0.39 is 17.7 Å². The Bertz CT molecular complexity index is 938. The Morgan fingerprint density at radius 3 is 2.53 bits per heavy atom. The van der Waals surface area contributed by atoms with Gasteiger partial charge in [0, 0.05) is 32.1 Å². The lowest BCUT2D eigenvalue weighted by molar-refractivity contribution is -0.131. The lowest BCUT2D eigenvalue weighted by Crippen LogP contribution is -2.41. The van der Waals surface area contributed by atoms with Gasteiger partial charge in [-0.05, 0) is 49.1 Å². The second kappa shape index (κ2) is 9.71. The number of rotatable bonds is 5. The van der Waals surface area contributed by atoms with Crippen molar-refractivity contribution < 1.29 is 23.5 Å². The lowest BCUT2D eigenvalue weighted by atomic mass is 9.96. The van der Waals surface area contributed by atoms with Gasteiger partial charge in [0.1, 0.15) is 11.6 Å². The first-order chi connectivity index (χ1) is 14.3. The zero-order chi connectivity index (χ0) is 21.7. The maximum atomic E-state index is 13.8. The number of halogens is 2. The number of nitrogens with one attached hydrogen (secondary N) is 1. The standard InChI is InChI=1S/C22H22ClFN2O4/c1-14(27)30-17-5-2-4-16(12-17)22(29)26-10-8-15(9-11-26)13-25-21(28)20-18(23)6-3-7-19(20)24/h2-7,12,15H,8-11,13H2,1H3,(H,25,28). The van der Waals surface area contributed by atoms with Gasteiger partial charge in [-0.25, -0.2) is 4.39 Å². The molecule has 1 aliphatic rings. The first-order valence-electron chi connectivity index (χ1n) is 9.65. The van der Waals surface area contributed by atoms with E-state index in [1.54, 1.807) is 29.2 Å². The molecule has 0 aromatic heterocycles. The Hall–Kier alpha value is -2.93. The molecular weight excluding hydrogens is 411 g/mol. The Morgan fingerprint density at radius 2 is 1.87 bits per heavy atom. The number of piperidine rings is 1. The molecule has 6 nitrogen and oxygen atoms in total. The molecular formula is C22H22ClFN2O4. The molecule has 8 heteroatoms. The van der Waals surface area contributed by atoms with Gasteiger partial charge < -0.3 is 15.0 Å². The Kier molecular flexibility index (Phi) is 7.05. The average molecular weight is 433 g/mol. The van der Waals surface area contributed by atoms with Crippen LogP contribution in [0.3, 0.4) is 0 Å². The van der Waals surface area contributed by atoms with E-state index in [-0.39, 0.29) is 22.4 Å². The van der Waals surface area contributed by atoms with E-state index >= 15 is 0 Å². The predicted octanol–water partition coefficient (Wildman–Crippen LogP) is 3.69. The van der Waals surface area contributed by atoms with Crippen molar-refractivity contribution in [2.24, 2.45) is 5.92 Å². The molecule has 0 radical (unpaired) electrons. The maximum Gasteiger partial charge on any atom is 0.308 e. The molecule has 158 valence electrons. The highest BCUT2D eigenvalue weighted by atomic mass is 35.5. The van der Waals surface area contributed by atoms with Crippen molar-refractivity contribution in [1.82, 2.24) is 10.2 Å². The molecule has 0 aliphatic carbocycles. The number of benzene rings is 2. The van der Waals surface area contributed by atoms with Crippen molar-refractivity contribution in [2.75, 3.05) is 19.6 Å². The smallest absolute Gasteiger partial charge is 0.308 e. The summed E-state index contributed by atoms with van der Waals surface area (Å²) in [6, 6.07) is 10.6. The minimum Gasteiger partial charge on any atom is -0.427 e. The van der Waals surface area contributed by atoms with E-state index in [0.29, 0.717) is 43.8 Å². The normalized spacial score (nSPS) is 14.3. The van der Waals surface area contributed by atoms with Crippen molar-refractivity contribution in [1.29, 1.82) is 0 Å². The molecule has 1 fully saturated rings. The van der Waals surface area contributed by atoms with Crippen LogP contribution in [-0.2, 0) is 4.79 Å². The number of likely N-dealkylation sites (tertiary alicyclic amines) is 1. The molecule has 0 unspecified atom stereocenters. The highest BCUT2D eigenvalue weighted by Gasteiger charge is 2.25. The summed E-state index contributed by atoms with van der Waals surface area (Å²) < 4.78 is 18.9. The fourth-order valence-corrected chi connectivity index (χ4v) is 3.67. The summed E-state index contributed by atoms with van der Waals surface area (Å²) in [4.78, 5) is 37.8. The Morgan fingerprint density at radius 1 is 1.17 bits per heavy atom. The van der Waals surface area contributed by atoms with Crippen molar-refractivity contribution in [3.63, 3.8) is 0 Å².